The molecule has 1 atom stereocenters. The van der Waals surface area contributed by atoms with Crippen LogP contribution in [0.5, 0.6) is 5.75 Å². The highest BCUT2D eigenvalue weighted by Gasteiger charge is 2.27. The van der Waals surface area contributed by atoms with E-state index < -0.39 is 25.2 Å². The third-order valence-electron chi connectivity index (χ3n) is 2.50. The zero-order chi connectivity index (χ0) is 15.3. The van der Waals surface area contributed by atoms with Crippen LogP contribution in [0.25, 0.3) is 0 Å². The molecule has 0 saturated carbocycles. The molecule has 0 aromatic heterocycles. The molecule has 7 heteroatoms. The van der Waals surface area contributed by atoms with Crippen molar-refractivity contribution in [1.29, 1.82) is 0 Å². The molecule has 20 heavy (non-hydrogen) atoms. The zero-order valence-corrected chi connectivity index (χ0v) is 11.3. The van der Waals surface area contributed by atoms with Crippen molar-refractivity contribution in [3.05, 3.63) is 29.3 Å². The summed E-state index contributed by atoms with van der Waals surface area (Å²) in [7, 11) is 0. The Balaban J connectivity index is 2.61. The summed E-state index contributed by atoms with van der Waals surface area (Å²) in [6, 6.07) is 5.00. The molecule has 0 bridgehead atoms. The number of nitrogens with two attached hydrogens (primary N) is 1. The average Bonchev–Trinajstić information content (AvgIpc) is 2.32. The molecule has 0 fully saturated rings. The average molecular weight is 290 g/mol. The van der Waals surface area contributed by atoms with Crippen molar-refractivity contribution in [2.45, 2.75) is 26.1 Å². The van der Waals surface area contributed by atoms with Gasteiger partial charge in [-0.2, -0.15) is 13.2 Å². The number of benzene rings is 1. The Morgan fingerprint density at radius 1 is 1.45 bits per heavy atom. The van der Waals surface area contributed by atoms with Crippen molar-refractivity contribution >= 4 is 5.91 Å². The Hall–Kier alpha value is -1.76. The van der Waals surface area contributed by atoms with Crippen molar-refractivity contribution in [2.24, 2.45) is 5.73 Å². The van der Waals surface area contributed by atoms with Gasteiger partial charge in [-0.05, 0) is 25.5 Å². The second-order valence-electron chi connectivity index (χ2n) is 4.51. The maximum Gasteiger partial charge on any atom is 0.405 e. The highest BCUT2D eigenvalue weighted by atomic mass is 19.4. The summed E-state index contributed by atoms with van der Waals surface area (Å²) in [5.74, 6) is -0.429. The first-order valence-corrected chi connectivity index (χ1v) is 6.01. The summed E-state index contributed by atoms with van der Waals surface area (Å²) < 4.78 is 41.0. The molecular formula is C13H17F3N2O2. The van der Waals surface area contributed by atoms with E-state index in [0.717, 1.165) is 5.56 Å². The number of hydrogen-bond donors (Lipinski definition) is 2. The van der Waals surface area contributed by atoms with Crippen LogP contribution in [0.4, 0.5) is 13.2 Å². The van der Waals surface area contributed by atoms with E-state index in [9.17, 15) is 18.0 Å². The summed E-state index contributed by atoms with van der Waals surface area (Å²) in [5.41, 5.74) is 7.35. The normalized spacial score (nSPS) is 12.9. The van der Waals surface area contributed by atoms with E-state index in [1.54, 1.807) is 24.4 Å². The van der Waals surface area contributed by atoms with E-state index in [-0.39, 0.29) is 6.04 Å². The minimum Gasteiger partial charge on any atom is -0.483 e. The van der Waals surface area contributed by atoms with Gasteiger partial charge in [0.25, 0.3) is 5.91 Å². The van der Waals surface area contributed by atoms with Crippen LogP contribution in [0.3, 0.4) is 0 Å². The maximum absolute atomic E-state index is 11.9. The van der Waals surface area contributed by atoms with E-state index in [4.69, 9.17) is 10.5 Å². The molecule has 1 amide bonds. The van der Waals surface area contributed by atoms with Gasteiger partial charge in [-0.1, -0.05) is 12.1 Å². The summed E-state index contributed by atoms with van der Waals surface area (Å²) in [6.45, 7) is 1.73. The predicted octanol–water partition coefficient (Wildman–Crippen LogP) is 2.07. The third kappa shape index (κ3) is 5.48. The summed E-state index contributed by atoms with van der Waals surface area (Å²) in [4.78, 5) is 11.3. The van der Waals surface area contributed by atoms with E-state index in [2.05, 4.69) is 0 Å². The van der Waals surface area contributed by atoms with Crippen LogP contribution in [0.15, 0.2) is 18.2 Å². The van der Waals surface area contributed by atoms with Gasteiger partial charge in [0, 0.05) is 11.6 Å². The van der Waals surface area contributed by atoms with Crippen LogP contribution in [0.2, 0.25) is 0 Å². The van der Waals surface area contributed by atoms with Crippen LogP contribution < -0.4 is 15.8 Å². The Morgan fingerprint density at radius 3 is 2.65 bits per heavy atom. The SMILES string of the molecule is Cc1ccc([C@H](C)N)c(OCC(=O)NCC(F)(F)F)c1. The number of hydrogen-bond acceptors (Lipinski definition) is 3. The van der Waals surface area contributed by atoms with E-state index in [1.807, 2.05) is 13.0 Å². The fraction of sp³-hybridized carbons (Fsp3) is 0.462. The number of rotatable bonds is 5. The molecule has 0 spiro atoms. The van der Waals surface area contributed by atoms with Crippen LogP contribution in [0, 0.1) is 6.92 Å². The van der Waals surface area contributed by atoms with Gasteiger partial charge in [0.1, 0.15) is 12.3 Å². The lowest BCUT2D eigenvalue weighted by Gasteiger charge is -2.15. The highest BCUT2D eigenvalue weighted by molar-refractivity contribution is 5.77. The van der Waals surface area contributed by atoms with Crippen LogP contribution >= 0.6 is 0 Å². The van der Waals surface area contributed by atoms with Crippen LogP contribution in [0.1, 0.15) is 24.1 Å². The van der Waals surface area contributed by atoms with Crippen molar-refractivity contribution in [3.63, 3.8) is 0 Å². The van der Waals surface area contributed by atoms with Crippen molar-refractivity contribution in [1.82, 2.24) is 5.32 Å². The Kier molecular flexibility index (Phi) is 5.38. The number of carbonyl (C=O) groups is 1. The lowest BCUT2D eigenvalue weighted by atomic mass is 10.1. The van der Waals surface area contributed by atoms with E-state index >= 15 is 0 Å². The monoisotopic (exact) mass is 290 g/mol. The topological polar surface area (TPSA) is 64.3 Å². The van der Waals surface area contributed by atoms with Crippen LogP contribution in [-0.2, 0) is 4.79 Å². The fourth-order valence-electron chi connectivity index (χ4n) is 1.54. The first-order valence-electron chi connectivity index (χ1n) is 6.01. The molecule has 0 heterocycles. The Bertz CT molecular complexity index is 473. The van der Waals surface area contributed by atoms with Gasteiger partial charge in [0.15, 0.2) is 6.61 Å². The van der Waals surface area contributed by atoms with Crippen molar-refractivity contribution in [2.75, 3.05) is 13.2 Å². The third-order valence-corrected chi connectivity index (χ3v) is 2.50. The molecule has 4 nitrogen and oxygen atoms in total. The van der Waals surface area contributed by atoms with Crippen molar-refractivity contribution in [3.8, 4) is 5.75 Å². The molecule has 1 aromatic carbocycles. The standard InChI is InChI=1S/C13H17F3N2O2/c1-8-3-4-10(9(2)17)11(5-8)20-6-12(19)18-7-13(14,15)16/h3-5,9H,6-7,17H2,1-2H3,(H,18,19)/t9-/m0/s1. The molecule has 0 saturated heterocycles. The second-order valence-corrected chi connectivity index (χ2v) is 4.51. The lowest BCUT2D eigenvalue weighted by molar-refractivity contribution is -0.139. The van der Waals surface area contributed by atoms with E-state index in [0.29, 0.717) is 11.3 Å². The molecule has 112 valence electrons. The molecule has 3 N–H and O–H groups in total. The zero-order valence-electron chi connectivity index (χ0n) is 11.3. The van der Waals surface area contributed by atoms with Gasteiger partial charge in [0.2, 0.25) is 0 Å². The number of aryl methyl sites for hydroxylation is 1. The highest BCUT2D eigenvalue weighted by Crippen LogP contribution is 2.25. The maximum atomic E-state index is 11.9. The molecule has 1 aromatic rings. The summed E-state index contributed by atoms with van der Waals surface area (Å²) >= 11 is 0. The summed E-state index contributed by atoms with van der Waals surface area (Å²) in [5, 5.41) is 1.74. The molecule has 0 unspecified atom stereocenters. The number of halogens is 3. The smallest absolute Gasteiger partial charge is 0.405 e. The molecular weight excluding hydrogens is 273 g/mol. The molecule has 0 aliphatic rings. The second kappa shape index (κ2) is 6.60. The van der Waals surface area contributed by atoms with Gasteiger partial charge in [-0.25, -0.2) is 0 Å². The fourth-order valence-corrected chi connectivity index (χ4v) is 1.54. The molecule has 1 rings (SSSR count). The number of nitrogens with one attached hydrogen (secondary N) is 1. The minimum atomic E-state index is -4.43. The number of carbonyl (C=O) groups excluding carboxylic acids is 1. The van der Waals surface area contributed by atoms with Gasteiger partial charge in [0.05, 0.1) is 0 Å². The number of amides is 1. The van der Waals surface area contributed by atoms with Gasteiger partial charge in [-0.15, -0.1) is 0 Å². The van der Waals surface area contributed by atoms with E-state index in [1.165, 1.54) is 0 Å². The number of alkyl halides is 3. The Morgan fingerprint density at radius 2 is 2.10 bits per heavy atom. The minimum absolute atomic E-state index is 0.302. The first-order chi connectivity index (χ1) is 9.19. The van der Waals surface area contributed by atoms with Gasteiger partial charge >= 0.3 is 6.18 Å². The molecule has 0 aliphatic carbocycles. The lowest BCUT2D eigenvalue weighted by Crippen LogP contribution is -2.36. The van der Waals surface area contributed by atoms with Gasteiger partial charge < -0.3 is 15.8 Å². The summed E-state index contributed by atoms with van der Waals surface area (Å²) in [6.07, 6.45) is -4.43. The predicted molar refractivity (Wildman–Crippen MR) is 68.3 cm³/mol. The quantitative estimate of drug-likeness (QED) is 0.872. The van der Waals surface area contributed by atoms with Crippen molar-refractivity contribution < 1.29 is 22.7 Å². The number of ether oxygens (including phenoxy) is 1. The van der Waals surface area contributed by atoms with Gasteiger partial charge in [-0.3, -0.25) is 4.79 Å². The molecule has 0 radical (unpaired) electrons. The van der Waals surface area contributed by atoms with Crippen LogP contribution in [-0.4, -0.2) is 25.2 Å². The first kappa shape index (κ1) is 16.3. The largest absolute Gasteiger partial charge is 0.483 e. The molecule has 0 aliphatic heterocycles. The Labute approximate surface area is 115 Å².